The van der Waals surface area contributed by atoms with Crippen LogP contribution < -0.4 is 15.2 Å². The van der Waals surface area contributed by atoms with Crippen LogP contribution in [-0.4, -0.2) is 63.5 Å². The number of hydrogen-bond donors (Lipinski definition) is 0. The van der Waals surface area contributed by atoms with Crippen molar-refractivity contribution in [2.45, 2.75) is 32.5 Å². The molecule has 2 fully saturated rings. The molecule has 4 heterocycles. The van der Waals surface area contributed by atoms with Gasteiger partial charge in [-0.3, -0.25) is 18.9 Å². The minimum absolute atomic E-state index is 0.0104. The van der Waals surface area contributed by atoms with Gasteiger partial charge in [-0.2, -0.15) is 0 Å². The summed E-state index contributed by atoms with van der Waals surface area (Å²) < 4.78 is 13.1. The van der Waals surface area contributed by atoms with E-state index in [9.17, 15) is 9.59 Å². The minimum Gasteiger partial charge on any atom is -0.497 e. The third-order valence-electron chi connectivity index (χ3n) is 6.40. The molecule has 192 valence electrons. The van der Waals surface area contributed by atoms with Gasteiger partial charge < -0.3 is 14.4 Å². The Morgan fingerprint density at radius 2 is 1.86 bits per heavy atom. The first-order valence-corrected chi connectivity index (χ1v) is 13.4. The highest BCUT2D eigenvalue weighted by Gasteiger charge is 2.33. The van der Waals surface area contributed by atoms with Crippen LogP contribution in [-0.2, 0) is 16.0 Å². The van der Waals surface area contributed by atoms with Gasteiger partial charge in [-0.05, 0) is 56.2 Å². The first-order valence-electron chi connectivity index (χ1n) is 12.1. The molecule has 0 radical (unpaired) electrons. The van der Waals surface area contributed by atoms with Gasteiger partial charge >= 0.3 is 0 Å². The average molecular weight is 537 g/mol. The number of methoxy groups -OCH3 is 1. The number of fused-ring (bicyclic) bond motifs is 1. The van der Waals surface area contributed by atoms with Gasteiger partial charge in [0.05, 0.1) is 29.8 Å². The highest BCUT2D eigenvalue weighted by molar-refractivity contribution is 8.26. The van der Waals surface area contributed by atoms with Crippen molar-refractivity contribution in [3.63, 3.8) is 0 Å². The second kappa shape index (κ2) is 10.6. The third kappa shape index (κ3) is 5.27. The summed E-state index contributed by atoms with van der Waals surface area (Å²) in [6.07, 6.45) is 3.98. The summed E-state index contributed by atoms with van der Waals surface area (Å²) in [5, 5.41) is 0. The molecule has 10 heteroatoms. The summed E-state index contributed by atoms with van der Waals surface area (Å²) in [6, 6.07) is 13.2. The van der Waals surface area contributed by atoms with Crippen LogP contribution in [0.1, 0.15) is 25.0 Å². The zero-order chi connectivity index (χ0) is 26.1. The molecule has 1 amide bonds. The highest BCUT2D eigenvalue weighted by atomic mass is 32.2. The number of thiocarbonyl (C=S) groups is 1. The van der Waals surface area contributed by atoms with Crippen LogP contribution in [0.2, 0.25) is 0 Å². The maximum atomic E-state index is 13.6. The minimum atomic E-state index is -0.226. The lowest BCUT2D eigenvalue weighted by molar-refractivity contribution is -0.122. The van der Waals surface area contributed by atoms with Crippen LogP contribution in [0.4, 0.5) is 5.82 Å². The molecular weight excluding hydrogens is 508 g/mol. The van der Waals surface area contributed by atoms with Gasteiger partial charge in [-0.25, -0.2) is 4.98 Å². The molecule has 0 N–H and O–H groups in total. The lowest BCUT2D eigenvalue weighted by atomic mass is 10.1. The summed E-state index contributed by atoms with van der Waals surface area (Å²) in [4.78, 5) is 35.9. The Bertz CT molecular complexity index is 1430. The average Bonchev–Trinajstić information content (AvgIpc) is 3.15. The summed E-state index contributed by atoms with van der Waals surface area (Å²) in [5.74, 6) is 1.14. The van der Waals surface area contributed by atoms with E-state index < -0.39 is 0 Å². The lowest BCUT2D eigenvalue weighted by Gasteiger charge is -2.36. The van der Waals surface area contributed by atoms with Crippen molar-refractivity contribution in [2.24, 2.45) is 0 Å². The summed E-state index contributed by atoms with van der Waals surface area (Å²) in [5.41, 5.74) is 1.78. The van der Waals surface area contributed by atoms with E-state index in [2.05, 4.69) is 4.90 Å². The number of nitrogens with zero attached hydrogens (tertiary/aromatic N) is 4. The molecule has 0 unspecified atom stereocenters. The monoisotopic (exact) mass is 536 g/mol. The van der Waals surface area contributed by atoms with Gasteiger partial charge in [0.15, 0.2) is 0 Å². The summed E-state index contributed by atoms with van der Waals surface area (Å²) in [6.45, 7) is 5.66. The molecule has 0 saturated carbocycles. The van der Waals surface area contributed by atoms with Crippen LogP contribution in [0, 0.1) is 0 Å². The summed E-state index contributed by atoms with van der Waals surface area (Å²) in [7, 11) is 1.63. The molecule has 3 aromatic rings. The van der Waals surface area contributed by atoms with E-state index in [4.69, 9.17) is 26.7 Å². The number of carbonyl (C=O) groups is 1. The van der Waals surface area contributed by atoms with Crippen LogP contribution in [0.3, 0.4) is 0 Å². The molecule has 0 aliphatic carbocycles. The fourth-order valence-corrected chi connectivity index (χ4v) is 5.96. The van der Waals surface area contributed by atoms with Crippen molar-refractivity contribution in [3.8, 4) is 5.75 Å². The number of carbonyl (C=O) groups excluding carboxylic acids is 1. The number of rotatable bonds is 6. The molecule has 0 spiro atoms. The number of hydrogen-bond acceptors (Lipinski definition) is 8. The van der Waals surface area contributed by atoms with E-state index in [0.717, 1.165) is 11.3 Å². The molecule has 2 saturated heterocycles. The standard InChI is InChI=1S/C27H28N4O4S2/c1-17-15-29(16-18(2)35-17)24-21(25(32)30-12-5-4-6-23(30)28-24)14-22-26(33)31(27(36)37-22)13-11-19-7-9-20(34-3)10-8-19/h4-10,12,14,17-18H,11,13,15-16H2,1-3H3/b22-14-/t17-,18-/m0/s1. The van der Waals surface area contributed by atoms with Gasteiger partial charge in [0.1, 0.15) is 21.5 Å². The number of ether oxygens (including phenoxy) is 2. The van der Waals surface area contributed by atoms with Crippen LogP contribution >= 0.6 is 24.0 Å². The van der Waals surface area contributed by atoms with Crippen molar-refractivity contribution >= 4 is 51.7 Å². The maximum absolute atomic E-state index is 13.6. The van der Waals surface area contributed by atoms with Crippen LogP contribution in [0.25, 0.3) is 11.7 Å². The van der Waals surface area contributed by atoms with E-state index >= 15 is 0 Å². The molecule has 2 aliphatic heterocycles. The van der Waals surface area contributed by atoms with Crippen molar-refractivity contribution in [2.75, 3.05) is 31.6 Å². The second-order valence-corrected chi connectivity index (χ2v) is 10.9. The number of aromatic nitrogens is 2. The number of anilines is 1. The normalized spacial score (nSPS) is 21.3. The molecule has 0 bridgehead atoms. The summed E-state index contributed by atoms with van der Waals surface area (Å²) >= 11 is 6.76. The number of amides is 1. The molecule has 2 atom stereocenters. The van der Waals surface area contributed by atoms with Crippen LogP contribution in [0.15, 0.2) is 58.4 Å². The topological polar surface area (TPSA) is 76.4 Å². The van der Waals surface area contributed by atoms with Gasteiger partial charge in [0.2, 0.25) is 0 Å². The molecule has 5 rings (SSSR count). The Hall–Kier alpha value is -3.21. The van der Waals surface area contributed by atoms with Gasteiger partial charge in [0.25, 0.3) is 11.5 Å². The van der Waals surface area contributed by atoms with Gasteiger partial charge in [0, 0.05) is 25.8 Å². The number of thioether (sulfide) groups is 1. The Kier molecular flexibility index (Phi) is 7.32. The predicted octanol–water partition coefficient (Wildman–Crippen LogP) is 3.76. The highest BCUT2D eigenvalue weighted by Crippen LogP contribution is 2.34. The molecule has 2 aromatic heterocycles. The van der Waals surface area contributed by atoms with Crippen molar-refractivity contribution in [1.29, 1.82) is 0 Å². The van der Waals surface area contributed by atoms with Gasteiger partial charge in [-0.15, -0.1) is 0 Å². The fourth-order valence-electron chi connectivity index (χ4n) is 4.67. The number of pyridine rings is 1. The van der Waals surface area contributed by atoms with E-state index in [1.165, 1.54) is 16.2 Å². The zero-order valence-corrected chi connectivity index (χ0v) is 22.6. The van der Waals surface area contributed by atoms with E-state index in [1.54, 1.807) is 36.4 Å². The SMILES string of the molecule is COc1ccc(CCN2C(=O)/C(=C/c3c(N4C[C@H](C)O[C@@H](C)C4)nc4ccccn4c3=O)SC2=S)cc1. The van der Waals surface area contributed by atoms with Crippen LogP contribution in [0.5, 0.6) is 5.75 Å². The van der Waals surface area contributed by atoms with E-state index in [-0.39, 0.29) is 23.7 Å². The predicted molar refractivity (Wildman–Crippen MR) is 150 cm³/mol. The number of morpholine rings is 1. The Morgan fingerprint density at radius 3 is 2.57 bits per heavy atom. The lowest BCUT2D eigenvalue weighted by Crippen LogP contribution is -2.46. The largest absolute Gasteiger partial charge is 0.497 e. The first-order chi connectivity index (χ1) is 17.8. The molecular formula is C27H28N4O4S2. The Morgan fingerprint density at radius 1 is 1.14 bits per heavy atom. The Balaban J connectivity index is 1.47. The quantitative estimate of drug-likeness (QED) is 0.348. The van der Waals surface area contributed by atoms with Crippen molar-refractivity contribution in [3.05, 3.63) is 75.0 Å². The van der Waals surface area contributed by atoms with E-state index in [1.807, 2.05) is 44.2 Å². The van der Waals surface area contributed by atoms with Crippen molar-refractivity contribution < 1.29 is 14.3 Å². The number of benzene rings is 1. The Labute approximate surface area is 224 Å². The molecule has 8 nitrogen and oxygen atoms in total. The van der Waals surface area contributed by atoms with Gasteiger partial charge in [-0.1, -0.05) is 42.2 Å². The fraction of sp³-hybridized carbons (Fsp3) is 0.333. The molecule has 2 aliphatic rings. The van der Waals surface area contributed by atoms with E-state index in [0.29, 0.717) is 52.3 Å². The second-order valence-electron chi connectivity index (χ2n) is 9.18. The molecule has 37 heavy (non-hydrogen) atoms. The smallest absolute Gasteiger partial charge is 0.267 e. The third-order valence-corrected chi connectivity index (χ3v) is 7.78. The first kappa shape index (κ1) is 25.4. The molecule has 1 aromatic carbocycles. The zero-order valence-electron chi connectivity index (χ0n) is 20.9. The van der Waals surface area contributed by atoms with Crippen molar-refractivity contribution in [1.82, 2.24) is 14.3 Å². The maximum Gasteiger partial charge on any atom is 0.267 e.